The number of nitrogens with one attached hydrogen (secondary N) is 1. The van der Waals surface area contributed by atoms with E-state index in [0.29, 0.717) is 21.9 Å². The molecule has 29 heavy (non-hydrogen) atoms. The van der Waals surface area contributed by atoms with Gasteiger partial charge in [0.2, 0.25) is 0 Å². The maximum absolute atomic E-state index is 12.8. The molecule has 0 atom stereocenters. The molecule has 0 bridgehead atoms. The number of hydrogen-bond donors (Lipinski definition) is 2. The second-order valence-corrected chi connectivity index (χ2v) is 9.57. The molecule has 7 heteroatoms. The molecule has 0 saturated carbocycles. The summed E-state index contributed by atoms with van der Waals surface area (Å²) < 4.78 is 10.5. The Morgan fingerprint density at radius 1 is 1.17 bits per heavy atom. The number of methoxy groups -OCH3 is 1. The third-order valence-electron chi connectivity index (χ3n) is 5.04. The van der Waals surface area contributed by atoms with Crippen LogP contribution in [0.5, 0.6) is 5.75 Å². The van der Waals surface area contributed by atoms with Crippen molar-refractivity contribution in [1.29, 1.82) is 0 Å². The number of carbonyl (C=O) groups is 2. The van der Waals surface area contributed by atoms with Crippen LogP contribution < -0.4 is 15.4 Å². The van der Waals surface area contributed by atoms with Crippen molar-refractivity contribution in [3.8, 4) is 5.75 Å². The minimum absolute atomic E-state index is 0.0594. The minimum atomic E-state index is -0.386. The fourth-order valence-corrected chi connectivity index (χ4v) is 5.40. The Morgan fingerprint density at radius 2 is 1.83 bits per heavy atom. The quantitative estimate of drug-likeness (QED) is 0.732. The van der Waals surface area contributed by atoms with Crippen molar-refractivity contribution < 1.29 is 24.4 Å². The van der Waals surface area contributed by atoms with Crippen LogP contribution in [0.15, 0.2) is 24.3 Å². The average molecular weight is 418 g/mol. The van der Waals surface area contributed by atoms with Crippen molar-refractivity contribution in [2.24, 2.45) is 0 Å². The number of esters is 1. The van der Waals surface area contributed by atoms with Crippen molar-refractivity contribution in [3.05, 3.63) is 45.8 Å². The summed E-state index contributed by atoms with van der Waals surface area (Å²) in [5.41, 5.74) is 1.71. The Kier molecular flexibility index (Phi) is 5.74. The van der Waals surface area contributed by atoms with E-state index in [1.165, 1.54) is 11.3 Å². The number of nitrogens with two attached hydrogens (primary N) is 1. The van der Waals surface area contributed by atoms with Crippen LogP contribution in [-0.4, -0.2) is 31.1 Å². The van der Waals surface area contributed by atoms with Gasteiger partial charge in [-0.15, -0.1) is 11.3 Å². The largest absolute Gasteiger partial charge is 0.497 e. The first kappa shape index (κ1) is 21.3. The SMILES string of the molecule is CCOC(=O)c1c(NC(=O)c2ccc(OC)cc2)sc2c1CC(C)(C)[NH2+]C2(C)C. The molecule has 156 valence electrons. The third kappa shape index (κ3) is 4.31. The highest BCUT2D eigenvalue weighted by molar-refractivity contribution is 7.17. The Bertz CT molecular complexity index is 929. The molecule has 0 fully saturated rings. The number of carbonyl (C=O) groups excluding carboxylic acids is 2. The molecule has 1 aliphatic rings. The van der Waals surface area contributed by atoms with Crippen molar-refractivity contribution in [1.82, 2.24) is 0 Å². The molecule has 6 nitrogen and oxygen atoms in total. The monoisotopic (exact) mass is 417 g/mol. The van der Waals surface area contributed by atoms with Crippen molar-refractivity contribution in [3.63, 3.8) is 0 Å². The van der Waals surface area contributed by atoms with Gasteiger partial charge in [-0.3, -0.25) is 4.79 Å². The van der Waals surface area contributed by atoms with Crippen LogP contribution in [0.3, 0.4) is 0 Å². The van der Waals surface area contributed by atoms with E-state index in [1.807, 2.05) is 0 Å². The summed E-state index contributed by atoms with van der Waals surface area (Å²) in [5, 5.41) is 5.82. The summed E-state index contributed by atoms with van der Waals surface area (Å²) in [5.74, 6) is 0.0289. The zero-order valence-electron chi connectivity index (χ0n) is 17.8. The van der Waals surface area contributed by atoms with Gasteiger partial charge >= 0.3 is 5.97 Å². The summed E-state index contributed by atoms with van der Waals surface area (Å²) >= 11 is 1.47. The predicted octanol–water partition coefficient (Wildman–Crippen LogP) is 3.32. The van der Waals surface area contributed by atoms with Gasteiger partial charge in [0.15, 0.2) is 0 Å². The van der Waals surface area contributed by atoms with E-state index in [0.717, 1.165) is 16.9 Å². The van der Waals surface area contributed by atoms with Crippen LogP contribution in [0.1, 0.15) is 65.8 Å². The molecule has 1 aliphatic heterocycles. The number of anilines is 1. The Labute approximate surface area is 175 Å². The average Bonchev–Trinajstić information content (AvgIpc) is 2.99. The van der Waals surface area contributed by atoms with Gasteiger partial charge < -0.3 is 20.1 Å². The molecular formula is C22H29N2O4S+. The van der Waals surface area contributed by atoms with Crippen LogP contribution in [0.2, 0.25) is 0 Å². The number of amides is 1. The zero-order valence-corrected chi connectivity index (χ0v) is 18.7. The Morgan fingerprint density at radius 3 is 2.41 bits per heavy atom. The minimum Gasteiger partial charge on any atom is -0.497 e. The molecule has 1 amide bonds. The number of benzene rings is 1. The maximum Gasteiger partial charge on any atom is 0.341 e. The third-order valence-corrected chi connectivity index (χ3v) is 6.52. The number of ether oxygens (including phenoxy) is 2. The van der Waals surface area contributed by atoms with Crippen LogP contribution in [0.4, 0.5) is 5.00 Å². The van der Waals surface area contributed by atoms with E-state index in [4.69, 9.17) is 9.47 Å². The van der Waals surface area contributed by atoms with E-state index < -0.39 is 0 Å². The zero-order chi connectivity index (χ0) is 21.4. The standard InChI is InChI=1S/C22H28N2O4S/c1-7-28-20(26)16-15-12-21(2,3)24-22(4,5)17(15)29-19(16)23-18(25)13-8-10-14(27-6)11-9-13/h8-11,24H,7,12H2,1-6H3,(H,23,25)/p+1. The van der Waals surface area contributed by atoms with Gasteiger partial charge in [-0.1, -0.05) is 0 Å². The van der Waals surface area contributed by atoms with E-state index in [2.05, 4.69) is 38.3 Å². The number of fused-ring (bicyclic) bond motifs is 1. The fraction of sp³-hybridized carbons (Fsp3) is 0.455. The number of hydrogen-bond acceptors (Lipinski definition) is 5. The van der Waals surface area contributed by atoms with E-state index >= 15 is 0 Å². The molecule has 0 saturated heterocycles. The van der Waals surface area contributed by atoms with Crippen LogP contribution in [0.25, 0.3) is 0 Å². The lowest BCUT2D eigenvalue weighted by Gasteiger charge is -2.38. The van der Waals surface area contributed by atoms with Crippen molar-refractivity contribution >= 4 is 28.2 Å². The second kappa shape index (κ2) is 7.80. The fourth-order valence-electron chi connectivity index (χ4n) is 4.13. The second-order valence-electron chi connectivity index (χ2n) is 8.55. The molecule has 0 spiro atoms. The summed E-state index contributed by atoms with van der Waals surface area (Å²) in [6.45, 7) is 10.7. The Balaban J connectivity index is 2.03. The molecule has 1 aromatic heterocycles. The first-order valence-corrected chi connectivity index (χ1v) is 10.6. The van der Waals surface area contributed by atoms with Gasteiger partial charge in [0.25, 0.3) is 5.91 Å². The first-order valence-electron chi connectivity index (χ1n) is 9.73. The van der Waals surface area contributed by atoms with Gasteiger partial charge in [-0.25, -0.2) is 4.79 Å². The predicted molar refractivity (Wildman–Crippen MR) is 114 cm³/mol. The van der Waals surface area contributed by atoms with Gasteiger partial charge in [-0.2, -0.15) is 0 Å². The normalized spacial score (nSPS) is 16.6. The maximum atomic E-state index is 12.8. The van der Waals surface area contributed by atoms with Crippen LogP contribution in [-0.2, 0) is 16.7 Å². The lowest BCUT2D eigenvalue weighted by Crippen LogP contribution is -3.03. The molecule has 3 rings (SSSR count). The summed E-state index contributed by atoms with van der Waals surface area (Å²) in [7, 11) is 1.58. The molecular weight excluding hydrogens is 388 g/mol. The molecule has 0 unspecified atom stereocenters. The smallest absolute Gasteiger partial charge is 0.341 e. The highest BCUT2D eigenvalue weighted by Gasteiger charge is 2.45. The lowest BCUT2D eigenvalue weighted by molar-refractivity contribution is -0.789. The van der Waals surface area contributed by atoms with Gasteiger partial charge in [0, 0.05) is 12.0 Å². The Hall–Kier alpha value is -2.38. The van der Waals surface area contributed by atoms with E-state index in [1.54, 1.807) is 38.3 Å². The molecule has 0 aliphatic carbocycles. The summed E-state index contributed by atoms with van der Waals surface area (Å²) in [6, 6.07) is 6.88. The topological polar surface area (TPSA) is 81.2 Å². The molecule has 0 radical (unpaired) electrons. The molecule has 3 N–H and O–H groups in total. The molecule has 2 aromatic rings. The van der Waals surface area contributed by atoms with Crippen molar-refractivity contribution in [2.45, 2.75) is 52.1 Å². The van der Waals surface area contributed by atoms with E-state index in [9.17, 15) is 9.59 Å². The van der Waals surface area contributed by atoms with Gasteiger partial charge in [0.1, 0.15) is 16.3 Å². The van der Waals surface area contributed by atoms with Crippen molar-refractivity contribution in [2.75, 3.05) is 19.0 Å². The van der Waals surface area contributed by atoms with E-state index in [-0.39, 0.29) is 29.6 Å². The van der Waals surface area contributed by atoms with Crippen LogP contribution in [0, 0.1) is 0 Å². The number of quaternary nitrogens is 1. The highest BCUT2D eigenvalue weighted by Crippen LogP contribution is 2.42. The molecule has 1 aromatic carbocycles. The lowest BCUT2D eigenvalue weighted by atomic mass is 9.81. The number of thiophene rings is 1. The van der Waals surface area contributed by atoms with Gasteiger partial charge in [0.05, 0.1) is 29.7 Å². The number of rotatable bonds is 5. The first-order chi connectivity index (χ1) is 13.6. The summed E-state index contributed by atoms with van der Waals surface area (Å²) in [4.78, 5) is 26.8. The van der Waals surface area contributed by atoms with Crippen LogP contribution >= 0.6 is 11.3 Å². The molecule has 2 heterocycles. The summed E-state index contributed by atoms with van der Waals surface area (Å²) in [6.07, 6.45) is 0.731. The van der Waals surface area contributed by atoms with Gasteiger partial charge in [-0.05, 0) is 64.4 Å². The highest BCUT2D eigenvalue weighted by atomic mass is 32.1.